The van der Waals surface area contributed by atoms with E-state index in [-0.39, 0.29) is 12.4 Å². The van der Waals surface area contributed by atoms with Gasteiger partial charge in [-0.2, -0.15) is 0 Å². The van der Waals surface area contributed by atoms with Crippen molar-refractivity contribution < 1.29 is 10.3 Å². The maximum atomic E-state index is 8.74. The first kappa shape index (κ1) is 14.4. The fourth-order valence-corrected chi connectivity index (χ4v) is 1.57. The lowest BCUT2D eigenvalue weighted by molar-refractivity contribution is 0.276. The Balaban J connectivity index is 2.52. The van der Waals surface area contributed by atoms with Crippen LogP contribution in [0, 0.1) is 0 Å². The summed E-state index contributed by atoms with van der Waals surface area (Å²) in [5.74, 6) is 0.00480. The van der Waals surface area contributed by atoms with E-state index in [1.54, 1.807) is 12.3 Å². The molecule has 1 unspecified atom stereocenters. The van der Waals surface area contributed by atoms with Crippen molar-refractivity contribution in [2.75, 3.05) is 6.61 Å². The third kappa shape index (κ3) is 4.68. The number of nitrogens with two attached hydrogens (primary N) is 1. The zero-order valence-electron chi connectivity index (χ0n) is 10.5. The number of aliphatic hydroxyl groups excluding tert-OH is 1. The van der Waals surface area contributed by atoms with Gasteiger partial charge in [0.15, 0.2) is 5.84 Å². The highest BCUT2D eigenvalue weighted by molar-refractivity contribution is 5.95. The summed E-state index contributed by atoms with van der Waals surface area (Å²) in [7, 11) is 0. The van der Waals surface area contributed by atoms with Gasteiger partial charge in [-0.15, -0.1) is 0 Å². The van der Waals surface area contributed by atoms with E-state index in [9.17, 15) is 0 Å². The second kappa shape index (κ2) is 7.62. The number of amidine groups is 1. The molecule has 0 amide bonds. The molecule has 0 aliphatic carbocycles. The number of rotatable bonds is 7. The Kier molecular flexibility index (Phi) is 6.10. The summed E-state index contributed by atoms with van der Waals surface area (Å²) in [6.07, 6.45) is 3.34. The lowest BCUT2D eigenvalue weighted by Crippen LogP contribution is -2.26. The first-order valence-corrected chi connectivity index (χ1v) is 5.94. The fourth-order valence-electron chi connectivity index (χ4n) is 1.57. The van der Waals surface area contributed by atoms with Crippen LogP contribution in [0.1, 0.15) is 31.0 Å². The highest BCUT2D eigenvalue weighted by Crippen LogP contribution is 2.03. The number of hydrogen-bond donors (Lipinski definition) is 4. The van der Waals surface area contributed by atoms with Crippen LogP contribution >= 0.6 is 0 Å². The number of aromatic nitrogens is 1. The fraction of sp³-hybridized carbons (Fsp3) is 0.500. The van der Waals surface area contributed by atoms with Crippen LogP contribution in [0.3, 0.4) is 0 Å². The van der Waals surface area contributed by atoms with Crippen molar-refractivity contribution in [2.24, 2.45) is 10.9 Å². The number of pyridine rings is 1. The van der Waals surface area contributed by atoms with E-state index in [4.69, 9.17) is 16.0 Å². The maximum absolute atomic E-state index is 8.74. The molecule has 6 heteroatoms. The number of hydrogen-bond acceptors (Lipinski definition) is 5. The Hall–Kier alpha value is -1.66. The highest BCUT2D eigenvalue weighted by Gasteiger charge is 2.04. The zero-order chi connectivity index (χ0) is 13.4. The Bertz CT molecular complexity index is 395. The van der Waals surface area contributed by atoms with Crippen molar-refractivity contribution in [3.05, 3.63) is 29.6 Å². The quantitative estimate of drug-likeness (QED) is 0.244. The summed E-state index contributed by atoms with van der Waals surface area (Å²) in [6, 6.07) is 3.98. The van der Waals surface area contributed by atoms with Crippen molar-refractivity contribution in [1.29, 1.82) is 0 Å². The van der Waals surface area contributed by atoms with Crippen LogP contribution in [0.2, 0.25) is 0 Å². The van der Waals surface area contributed by atoms with Crippen molar-refractivity contribution in [2.45, 2.75) is 32.4 Å². The minimum Gasteiger partial charge on any atom is -0.409 e. The van der Waals surface area contributed by atoms with Gasteiger partial charge in [0.05, 0.1) is 0 Å². The maximum Gasteiger partial charge on any atom is 0.188 e. The van der Waals surface area contributed by atoms with Crippen molar-refractivity contribution in [3.8, 4) is 0 Å². The van der Waals surface area contributed by atoms with Gasteiger partial charge in [0, 0.05) is 25.4 Å². The molecule has 0 radical (unpaired) electrons. The van der Waals surface area contributed by atoms with Crippen LogP contribution < -0.4 is 11.1 Å². The molecule has 0 aromatic carbocycles. The van der Waals surface area contributed by atoms with E-state index >= 15 is 0 Å². The van der Waals surface area contributed by atoms with E-state index in [0.29, 0.717) is 18.3 Å². The third-order valence-corrected chi connectivity index (χ3v) is 2.64. The van der Waals surface area contributed by atoms with Gasteiger partial charge in [-0.05, 0) is 37.5 Å². The first-order valence-electron chi connectivity index (χ1n) is 5.94. The standard InChI is InChI=1S/C12H20N4O2/c1-9(3-2-6-17)15-8-10-4-5-14-11(7-10)12(13)16-18/h4-5,7,9,15,17-18H,2-3,6,8H2,1H3,(H2,13,16). The zero-order valence-corrected chi connectivity index (χ0v) is 10.5. The van der Waals surface area contributed by atoms with Gasteiger partial charge in [-0.1, -0.05) is 5.16 Å². The molecule has 1 atom stereocenters. The van der Waals surface area contributed by atoms with E-state index < -0.39 is 0 Å². The van der Waals surface area contributed by atoms with Crippen molar-refractivity contribution in [1.82, 2.24) is 10.3 Å². The normalized spacial score (nSPS) is 13.6. The lowest BCUT2D eigenvalue weighted by atomic mass is 10.1. The Morgan fingerprint density at radius 1 is 1.61 bits per heavy atom. The second-order valence-corrected chi connectivity index (χ2v) is 4.18. The number of oxime groups is 1. The van der Waals surface area contributed by atoms with Crippen molar-refractivity contribution >= 4 is 5.84 Å². The van der Waals surface area contributed by atoms with Gasteiger partial charge in [-0.3, -0.25) is 4.98 Å². The number of nitrogens with zero attached hydrogens (tertiary/aromatic N) is 2. The summed E-state index contributed by atoms with van der Waals surface area (Å²) in [5.41, 5.74) is 6.95. The summed E-state index contributed by atoms with van der Waals surface area (Å²) >= 11 is 0. The van der Waals surface area contributed by atoms with Crippen LogP contribution in [0.15, 0.2) is 23.5 Å². The molecular formula is C12H20N4O2. The third-order valence-electron chi connectivity index (χ3n) is 2.64. The second-order valence-electron chi connectivity index (χ2n) is 4.18. The molecule has 0 bridgehead atoms. The molecule has 6 nitrogen and oxygen atoms in total. The smallest absolute Gasteiger partial charge is 0.188 e. The van der Waals surface area contributed by atoms with Gasteiger partial charge in [0.25, 0.3) is 0 Å². The topological polar surface area (TPSA) is 104 Å². The van der Waals surface area contributed by atoms with Crippen LogP contribution in [-0.2, 0) is 6.54 Å². The first-order chi connectivity index (χ1) is 8.67. The average Bonchev–Trinajstić information content (AvgIpc) is 2.42. The van der Waals surface area contributed by atoms with E-state index in [0.717, 1.165) is 18.4 Å². The van der Waals surface area contributed by atoms with Gasteiger partial charge < -0.3 is 21.4 Å². The Morgan fingerprint density at radius 3 is 3.06 bits per heavy atom. The summed E-state index contributed by atoms with van der Waals surface area (Å²) in [4.78, 5) is 4.01. The molecule has 1 rings (SSSR count). The van der Waals surface area contributed by atoms with Crippen LogP contribution in [0.25, 0.3) is 0 Å². The highest BCUT2D eigenvalue weighted by atomic mass is 16.4. The molecule has 18 heavy (non-hydrogen) atoms. The monoisotopic (exact) mass is 252 g/mol. The Morgan fingerprint density at radius 2 is 2.39 bits per heavy atom. The lowest BCUT2D eigenvalue weighted by Gasteiger charge is -2.13. The van der Waals surface area contributed by atoms with Crippen LogP contribution in [-0.4, -0.2) is 33.8 Å². The molecule has 0 saturated heterocycles. The molecule has 0 saturated carbocycles. The predicted octanol–water partition coefficient (Wildman–Crippen LogP) is 0.427. The van der Waals surface area contributed by atoms with E-state index in [1.165, 1.54) is 0 Å². The summed E-state index contributed by atoms with van der Waals surface area (Å²) < 4.78 is 0. The van der Waals surface area contributed by atoms with E-state index in [1.807, 2.05) is 6.07 Å². The predicted molar refractivity (Wildman–Crippen MR) is 69.4 cm³/mol. The summed E-state index contributed by atoms with van der Waals surface area (Å²) in [5, 5.41) is 23.6. The number of aliphatic hydroxyl groups is 1. The van der Waals surface area contributed by atoms with Crippen LogP contribution in [0.5, 0.6) is 0 Å². The van der Waals surface area contributed by atoms with Crippen LogP contribution in [0.4, 0.5) is 0 Å². The minimum atomic E-state index is 0.00480. The molecule has 100 valence electrons. The molecule has 0 fully saturated rings. The van der Waals surface area contributed by atoms with Gasteiger partial charge >= 0.3 is 0 Å². The molecular weight excluding hydrogens is 232 g/mol. The van der Waals surface area contributed by atoms with E-state index in [2.05, 4.69) is 22.4 Å². The van der Waals surface area contributed by atoms with Crippen molar-refractivity contribution in [3.63, 3.8) is 0 Å². The summed E-state index contributed by atoms with van der Waals surface area (Å²) in [6.45, 7) is 2.97. The van der Waals surface area contributed by atoms with Gasteiger partial charge in [0.2, 0.25) is 0 Å². The average molecular weight is 252 g/mol. The number of nitrogens with one attached hydrogen (secondary N) is 1. The minimum absolute atomic E-state index is 0.00480. The molecule has 0 spiro atoms. The molecule has 0 aliphatic heterocycles. The Labute approximate surface area is 107 Å². The largest absolute Gasteiger partial charge is 0.409 e. The SMILES string of the molecule is CC(CCCO)NCc1ccnc(C(N)=NO)c1. The van der Waals surface area contributed by atoms with Gasteiger partial charge in [0.1, 0.15) is 5.69 Å². The molecule has 0 aliphatic rings. The molecule has 1 heterocycles. The molecule has 1 aromatic rings. The molecule has 1 aromatic heterocycles. The molecule has 5 N–H and O–H groups in total. The van der Waals surface area contributed by atoms with Gasteiger partial charge in [-0.25, -0.2) is 0 Å².